The molecule has 0 radical (unpaired) electrons. The highest BCUT2D eigenvalue weighted by atomic mass is 19.4. The third-order valence-corrected chi connectivity index (χ3v) is 2.59. The molecule has 1 amide bonds. The minimum absolute atomic E-state index is 0.00456. The first-order chi connectivity index (χ1) is 8.54. The van der Waals surface area contributed by atoms with Crippen LogP contribution in [-0.4, -0.2) is 54.9 Å². The molecule has 5 nitrogen and oxygen atoms in total. The van der Waals surface area contributed by atoms with Crippen molar-refractivity contribution in [3.05, 3.63) is 0 Å². The Morgan fingerprint density at radius 1 is 1.42 bits per heavy atom. The summed E-state index contributed by atoms with van der Waals surface area (Å²) in [5.41, 5.74) is -0.904. The summed E-state index contributed by atoms with van der Waals surface area (Å²) in [5, 5.41) is 0. The van der Waals surface area contributed by atoms with E-state index in [4.69, 9.17) is 4.74 Å². The Labute approximate surface area is 108 Å². The molecule has 1 fully saturated rings. The molecule has 1 aliphatic heterocycles. The molecular weight excluding hydrogens is 267 g/mol. The second kappa shape index (κ2) is 5.36. The predicted molar refractivity (Wildman–Crippen MR) is 58.2 cm³/mol. The maximum absolute atomic E-state index is 12.2. The van der Waals surface area contributed by atoms with Gasteiger partial charge in [0, 0.05) is 6.54 Å². The fraction of sp³-hybridized carbons (Fsp3) is 0.818. The SMILES string of the molecule is COC(=O)C1CN(C(=O)CC(F)(F)F)CC(C)(C)O1. The van der Waals surface area contributed by atoms with Gasteiger partial charge in [-0.3, -0.25) is 4.79 Å². The predicted octanol–water partition coefficient (Wildman–Crippen LogP) is 1.12. The number of carbonyl (C=O) groups excluding carboxylic acids is 2. The van der Waals surface area contributed by atoms with Gasteiger partial charge in [-0.15, -0.1) is 0 Å². The Balaban J connectivity index is 2.78. The molecule has 8 heteroatoms. The largest absolute Gasteiger partial charge is 0.467 e. The summed E-state index contributed by atoms with van der Waals surface area (Å²) in [5.74, 6) is -1.78. The van der Waals surface area contributed by atoms with Crippen LogP contribution in [0.1, 0.15) is 20.3 Å². The Morgan fingerprint density at radius 3 is 2.47 bits per heavy atom. The molecular formula is C11H16F3NO4. The molecule has 0 saturated carbocycles. The van der Waals surface area contributed by atoms with Crippen LogP contribution >= 0.6 is 0 Å². The van der Waals surface area contributed by atoms with Crippen LogP contribution in [0.2, 0.25) is 0 Å². The maximum Gasteiger partial charge on any atom is 0.397 e. The monoisotopic (exact) mass is 283 g/mol. The number of carbonyl (C=O) groups is 2. The van der Waals surface area contributed by atoms with Crippen LogP contribution in [0.4, 0.5) is 13.2 Å². The van der Waals surface area contributed by atoms with Crippen molar-refractivity contribution >= 4 is 11.9 Å². The molecule has 1 unspecified atom stereocenters. The summed E-state index contributed by atoms with van der Waals surface area (Å²) in [4.78, 5) is 23.9. The van der Waals surface area contributed by atoms with E-state index in [1.54, 1.807) is 13.8 Å². The standard InChI is InChI=1S/C11H16F3NO4/c1-10(2)6-15(8(16)4-11(12,13)14)5-7(19-10)9(17)18-3/h7H,4-6H2,1-3H3. The second-order valence-electron chi connectivity index (χ2n) is 4.96. The number of nitrogens with zero attached hydrogens (tertiary/aromatic N) is 1. The third-order valence-electron chi connectivity index (χ3n) is 2.59. The Kier molecular flexibility index (Phi) is 4.44. The van der Waals surface area contributed by atoms with Crippen molar-refractivity contribution in [1.29, 1.82) is 0 Å². The number of rotatable bonds is 2. The fourth-order valence-electron chi connectivity index (χ4n) is 1.91. The van der Waals surface area contributed by atoms with Crippen molar-refractivity contribution in [2.45, 2.75) is 38.1 Å². The van der Waals surface area contributed by atoms with Gasteiger partial charge in [0.25, 0.3) is 0 Å². The van der Waals surface area contributed by atoms with Gasteiger partial charge in [-0.05, 0) is 13.8 Å². The molecule has 1 saturated heterocycles. The number of morpholine rings is 1. The number of methoxy groups -OCH3 is 1. The van der Waals surface area contributed by atoms with Crippen LogP contribution in [0.15, 0.2) is 0 Å². The van der Waals surface area contributed by atoms with Crippen LogP contribution in [0.5, 0.6) is 0 Å². The first-order valence-corrected chi connectivity index (χ1v) is 5.64. The molecule has 0 aromatic rings. The quantitative estimate of drug-likeness (QED) is 0.713. The highest BCUT2D eigenvalue weighted by Gasteiger charge is 2.42. The zero-order valence-electron chi connectivity index (χ0n) is 10.9. The molecule has 0 spiro atoms. The molecule has 19 heavy (non-hydrogen) atoms. The van der Waals surface area contributed by atoms with Crippen LogP contribution in [-0.2, 0) is 19.1 Å². The molecule has 1 aliphatic rings. The number of alkyl halides is 3. The first kappa shape index (κ1) is 15.7. The van der Waals surface area contributed by atoms with Gasteiger partial charge >= 0.3 is 12.1 Å². The van der Waals surface area contributed by atoms with Crippen LogP contribution < -0.4 is 0 Å². The number of hydrogen-bond donors (Lipinski definition) is 0. The van der Waals surface area contributed by atoms with Gasteiger partial charge < -0.3 is 14.4 Å². The topological polar surface area (TPSA) is 55.8 Å². The lowest BCUT2D eigenvalue weighted by atomic mass is 10.0. The van der Waals surface area contributed by atoms with E-state index in [-0.39, 0.29) is 13.1 Å². The fourth-order valence-corrected chi connectivity index (χ4v) is 1.91. The molecule has 0 N–H and O–H groups in total. The van der Waals surface area contributed by atoms with Crippen molar-refractivity contribution < 1.29 is 32.2 Å². The van der Waals surface area contributed by atoms with E-state index in [0.29, 0.717) is 0 Å². The highest BCUT2D eigenvalue weighted by Crippen LogP contribution is 2.25. The van der Waals surface area contributed by atoms with Gasteiger partial charge in [0.05, 0.1) is 19.3 Å². The lowest BCUT2D eigenvalue weighted by molar-refractivity contribution is -0.190. The summed E-state index contributed by atoms with van der Waals surface area (Å²) in [6, 6.07) is 0. The minimum atomic E-state index is -4.57. The molecule has 0 aromatic heterocycles. The lowest BCUT2D eigenvalue weighted by Gasteiger charge is -2.41. The second-order valence-corrected chi connectivity index (χ2v) is 4.96. The van der Waals surface area contributed by atoms with Gasteiger partial charge in [0.2, 0.25) is 5.91 Å². The molecule has 110 valence electrons. The number of halogens is 3. The van der Waals surface area contributed by atoms with Crippen molar-refractivity contribution in [2.24, 2.45) is 0 Å². The van der Waals surface area contributed by atoms with Gasteiger partial charge in [-0.25, -0.2) is 4.79 Å². The van der Waals surface area contributed by atoms with E-state index in [1.165, 1.54) is 0 Å². The van der Waals surface area contributed by atoms with Gasteiger partial charge in [-0.2, -0.15) is 13.2 Å². The molecule has 0 bridgehead atoms. The van der Waals surface area contributed by atoms with Crippen LogP contribution in [0.3, 0.4) is 0 Å². The van der Waals surface area contributed by atoms with Crippen molar-refractivity contribution in [3.8, 4) is 0 Å². The van der Waals surface area contributed by atoms with E-state index >= 15 is 0 Å². The van der Waals surface area contributed by atoms with Crippen molar-refractivity contribution in [2.75, 3.05) is 20.2 Å². The Bertz CT molecular complexity index is 367. The molecule has 1 atom stereocenters. The normalized spacial score (nSPS) is 23.1. The van der Waals surface area contributed by atoms with Crippen LogP contribution in [0.25, 0.3) is 0 Å². The van der Waals surface area contributed by atoms with E-state index in [0.717, 1.165) is 12.0 Å². The number of amides is 1. The summed E-state index contributed by atoms with van der Waals surface area (Å²) < 4.78 is 46.5. The molecule has 0 aromatic carbocycles. The Morgan fingerprint density at radius 2 is 2.00 bits per heavy atom. The maximum atomic E-state index is 12.2. The number of ether oxygens (including phenoxy) is 2. The smallest absolute Gasteiger partial charge is 0.397 e. The number of esters is 1. The van der Waals surface area contributed by atoms with E-state index in [9.17, 15) is 22.8 Å². The Hall–Kier alpha value is -1.31. The molecule has 1 heterocycles. The van der Waals surface area contributed by atoms with Crippen molar-refractivity contribution in [1.82, 2.24) is 4.90 Å². The first-order valence-electron chi connectivity index (χ1n) is 5.64. The summed E-state index contributed by atoms with van der Waals surface area (Å²) in [7, 11) is 1.15. The van der Waals surface area contributed by atoms with E-state index in [1.807, 2.05) is 0 Å². The zero-order valence-corrected chi connectivity index (χ0v) is 10.9. The van der Waals surface area contributed by atoms with E-state index < -0.39 is 36.2 Å². The van der Waals surface area contributed by atoms with Gasteiger partial charge in [-0.1, -0.05) is 0 Å². The summed E-state index contributed by atoms with van der Waals surface area (Å²) >= 11 is 0. The summed E-state index contributed by atoms with van der Waals surface area (Å²) in [6.45, 7) is 2.95. The summed E-state index contributed by atoms with van der Waals surface area (Å²) in [6.07, 6.45) is -7.18. The highest BCUT2D eigenvalue weighted by molar-refractivity contribution is 5.80. The van der Waals surface area contributed by atoms with Gasteiger partial charge in [0.1, 0.15) is 6.42 Å². The lowest BCUT2D eigenvalue weighted by Crippen LogP contribution is -2.57. The van der Waals surface area contributed by atoms with Crippen molar-refractivity contribution in [3.63, 3.8) is 0 Å². The number of hydrogen-bond acceptors (Lipinski definition) is 4. The molecule has 0 aliphatic carbocycles. The minimum Gasteiger partial charge on any atom is -0.467 e. The van der Waals surface area contributed by atoms with E-state index in [2.05, 4.69) is 4.74 Å². The average Bonchev–Trinajstić information content (AvgIpc) is 2.23. The van der Waals surface area contributed by atoms with Crippen LogP contribution in [0, 0.1) is 0 Å². The van der Waals surface area contributed by atoms with Gasteiger partial charge in [0.15, 0.2) is 6.10 Å². The molecule has 1 rings (SSSR count). The third kappa shape index (κ3) is 4.70. The zero-order chi connectivity index (χ0) is 14.8. The average molecular weight is 283 g/mol.